The molecule has 0 saturated carbocycles. The highest BCUT2D eigenvalue weighted by Gasteiger charge is 1.89. The summed E-state index contributed by atoms with van der Waals surface area (Å²) in [6.07, 6.45) is 4.84. The Balaban J connectivity index is 2.80. The van der Waals surface area contributed by atoms with E-state index in [0.29, 0.717) is 0 Å². The van der Waals surface area contributed by atoms with Crippen molar-refractivity contribution >= 4 is 12.2 Å². The fraction of sp³-hybridized carbons (Fsp3) is 0. The first-order chi connectivity index (χ1) is 3.93. The van der Waals surface area contributed by atoms with Crippen LogP contribution in [0.1, 0.15) is 0 Å². The summed E-state index contributed by atoms with van der Waals surface area (Å²) in [5, 5.41) is 2.58. The van der Waals surface area contributed by atoms with Gasteiger partial charge in [0.1, 0.15) is 0 Å². The molecule has 0 aromatic carbocycles. The molecule has 0 aliphatic carbocycles. The number of carbonyl (C=O) groups excluding carboxylic acids is 1. The average Bonchev–Trinajstić information content (AvgIpc) is 1.90. The highest BCUT2D eigenvalue weighted by Crippen LogP contribution is 1.86. The first-order valence-corrected chi connectivity index (χ1v) is 2.14. The van der Waals surface area contributed by atoms with Gasteiger partial charge in [-0.3, -0.25) is 0 Å². The second-order valence-electron chi connectivity index (χ2n) is 1.23. The van der Waals surface area contributed by atoms with Gasteiger partial charge >= 0.3 is 0 Å². The summed E-state index contributed by atoms with van der Waals surface area (Å²) in [5.74, 6) is 1.84. The fourth-order valence-electron chi connectivity index (χ4n) is 0.381. The molecule has 0 radical (unpaired) electrons. The molecule has 1 N–H and O–H groups in total. The lowest BCUT2D eigenvalue weighted by Crippen LogP contribution is -2.06. The van der Waals surface area contributed by atoms with Gasteiger partial charge in [0.25, 0.3) is 0 Å². The lowest BCUT2D eigenvalue weighted by atomic mass is 10.6. The lowest BCUT2D eigenvalue weighted by molar-refractivity contribution is 0.565. The molecule has 0 fully saturated rings. The number of allylic oxidation sites excluding steroid dienone is 1. The summed E-state index contributed by atoms with van der Waals surface area (Å²) in [6.45, 7) is 0. The third-order valence-corrected chi connectivity index (χ3v) is 0.703. The number of nitrogens with one attached hydrogen (secondary N) is 1. The van der Waals surface area contributed by atoms with Crippen LogP contribution in [0.25, 0.3) is 0 Å². The van der Waals surface area contributed by atoms with Gasteiger partial charge < -0.3 is 5.32 Å². The van der Waals surface area contributed by atoms with Crippen LogP contribution < -0.4 is 5.32 Å². The monoisotopic (exact) mass is 108 g/mol. The maximum Gasteiger partial charge on any atom is 0.216 e. The number of nitrogens with zero attached hydrogens (tertiary/aromatic N) is 1. The summed E-state index contributed by atoms with van der Waals surface area (Å²) >= 11 is 0. The van der Waals surface area contributed by atoms with Crippen molar-refractivity contribution in [2.75, 3.05) is 0 Å². The molecule has 0 saturated heterocycles. The van der Waals surface area contributed by atoms with Gasteiger partial charge in [0.05, 0.1) is 0 Å². The van der Waals surface area contributed by atoms with Crippen molar-refractivity contribution in [1.82, 2.24) is 5.32 Å². The van der Waals surface area contributed by atoms with E-state index in [0.717, 1.165) is 0 Å². The van der Waals surface area contributed by atoms with E-state index in [1.807, 2.05) is 0 Å². The summed E-state index contributed by atoms with van der Waals surface area (Å²) in [4.78, 5) is 13.4. The zero-order valence-corrected chi connectivity index (χ0v) is 4.09. The highest BCUT2D eigenvalue weighted by molar-refractivity contribution is 5.75. The topological polar surface area (TPSA) is 41.5 Å². The Labute approximate surface area is 46.4 Å². The largest absolute Gasteiger partial charge is 0.337 e. The molecule has 3 heteroatoms. The molecule has 1 aliphatic heterocycles. The van der Waals surface area contributed by atoms with E-state index in [4.69, 9.17) is 0 Å². The molecular formula is C5H4N2O. The maximum atomic E-state index is 9.79. The smallest absolute Gasteiger partial charge is 0.216 e. The van der Waals surface area contributed by atoms with Gasteiger partial charge in [-0.05, 0) is 6.08 Å². The van der Waals surface area contributed by atoms with Gasteiger partial charge in [-0.2, -0.15) is 0 Å². The number of hydrogen-bond acceptors (Lipinski definition) is 3. The Bertz CT molecular complexity index is 187. The summed E-state index contributed by atoms with van der Waals surface area (Å²) in [7, 11) is 0. The summed E-state index contributed by atoms with van der Waals surface area (Å²) < 4.78 is 0. The van der Waals surface area contributed by atoms with Crippen molar-refractivity contribution < 1.29 is 4.79 Å². The number of hydrogen-bond donors (Lipinski definition) is 1. The zero-order chi connectivity index (χ0) is 5.82. The van der Waals surface area contributed by atoms with Gasteiger partial charge in [-0.1, -0.05) is 0 Å². The van der Waals surface area contributed by atoms with Crippen LogP contribution in [0, 0.1) is 0 Å². The van der Waals surface area contributed by atoms with Gasteiger partial charge in [0.15, 0.2) is 5.94 Å². The predicted octanol–water partition coefficient (Wildman–Crippen LogP) is -0.153. The standard InChI is InChI=1S/C5H4N2O/c8-4-5-6-2-1-3-7-5/h1-3,6H. The van der Waals surface area contributed by atoms with Gasteiger partial charge in [-0.25, -0.2) is 9.79 Å². The normalized spacial score (nSPS) is 15.2. The molecule has 0 atom stereocenters. The van der Waals surface area contributed by atoms with E-state index in [-0.39, 0.29) is 5.82 Å². The van der Waals surface area contributed by atoms with E-state index < -0.39 is 0 Å². The van der Waals surface area contributed by atoms with Crippen molar-refractivity contribution in [2.45, 2.75) is 0 Å². The third kappa shape index (κ3) is 0.832. The van der Waals surface area contributed by atoms with Crippen molar-refractivity contribution in [2.24, 2.45) is 4.99 Å². The minimum Gasteiger partial charge on any atom is -0.337 e. The SMILES string of the molecule is O=C=C1N=CC=CN1. The first-order valence-electron chi connectivity index (χ1n) is 2.14. The second-order valence-corrected chi connectivity index (χ2v) is 1.23. The van der Waals surface area contributed by atoms with E-state index in [9.17, 15) is 4.79 Å². The zero-order valence-electron chi connectivity index (χ0n) is 4.09. The molecule has 0 amide bonds. The van der Waals surface area contributed by atoms with Crippen LogP contribution in [0.5, 0.6) is 0 Å². The van der Waals surface area contributed by atoms with Crippen LogP contribution in [0.15, 0.2) is 23.1 Å². The van der Waals surface area contributed by atoms with Gasteiger partial charge in [0, 0.05) is 12.4 Å². The van der Waals surface area contributed by atoms with Gasteiger partial charge in [0.2, 0.25) is 5.82 Å². The Morgan fingerprint density at radius 1 is 1.75 bits per heavy atom. The average molecular weight is 108 g/mol. The molecule has 0 aromatic heterocycles. The maximum absolute atomic E-state index is 9.79. The van der Waals surface area contributed by atoms with Crippen molar-refractivity contribution in [3.8, 4) is 0 Å². The van der Waals surface area contributed by atoms with Crippen LogP contribution in [-0.4, -0.2) is 12.2 Å². The highest BCUT2D eigenvalue weighted by atomic mass is 16.1. The Morgan fingerprint density at radius 2 is 2.62 bits per heavy atom. The molecule has 1 rings (SSSR count). The van der Waals surface area contributed by atoms with Crippen LogP contribution in [0.4, 0.5) is 0 Å². The molecule has 0 aromatic rings. The third-order valence-electron chi connectivity index (χ3n) is 0.703. The molecule has 0 spiro atoms. The predicted molar refractivity (Wildman–Crippen MR) is 30.0 cm³/mol. The molecule has 8 heavy (non-hydrogen) atoms. The molecule has 3 nitrogen and oxygen atoms in total. The molecule has 0 bridgehead atoms. The van der Waals surface area contributed by atoms with Crippen molar-refractivity contribution in [1.29, 1.82) is 0 Å². The van der Waals surface area contributed by atoms with Crippen molar-refractivity contribution in [3.05, 3.63) is 18.1 Å². The molecule has 40 valence electrons. The van der Waals surface area contributed by atoms with Crippen LogP contribution in [0.3, 0.4) is 0 Å². The van der Waals surface area contributed by atoms with Gasteiger partial charge in [-0.15, -0.1) is 0 Å². The molecule has 0 unspecified atom stereocenters. The van der Waals surface area contributed by atoms with Crippen molar-refractivity contribution in [3.63, 3.8) is 0 Å². The van der Waals surface area contributed by atoms with E-state index >= 15 is 0 Å². The van der Waals surface area contributed by atoms with Crippen LogP contribution >= 0.6 is 0 Å². The molecule has 1 aliphatic rings. The minimum absolute atomic E-state index is 0.229. The van der Waals surface area contributed by atoms with Crippen LogP contribution in [-0.2, 0) is 4.79 Å². The Morgan fingerprint density at radius 3 is 3.00 bits per heavy atom. The van der Waals surface area contributed by atoms with E-state index in [2.05, 4.69) is 10.3 Å². The minimum atomic E-state index is 0.229. The second kappa shape index (κ2) is 2.09. The fourth-order valence-corrected chi connectivity index (χ4v) is 0.381. The quantitative estimate of drug-likeness (QED) is 0.438. The lowest BCUT2D eigenvalue weighted by Gasteiger charge is -1.96. The Hall–Kier alpha value is -1.34. The summed E-state index contributed by atoms with van der Waals surface area (Å²) in [6, 6.07) is 0. The van der Waals surface area contributed by atoms with E-state index in [1.54, 1.807) is 18.2 Å². The number of aliphatic imine (C=N–C) groups is 1. The number of rotatable bonds is 0. The summed E-state index contributed by atoms with van der Waals surface area (Å²) in [5.41, 5.74) is 0. The molecule has 1 heterocycles. The Kier molecular flexibility index (Phi) is 1.26. The van der Waals surface area contributed by atoms with Crippen LogP contribution in [0.2, 0.25) is 0 Å². The first kappa shape index (κ1) is 4.81. The van der Waals surface area contributed by atoms with E-state index in [1.165, 1.54) is 6.21 Å². The molecular weight excluding hydrogens is 104 g/mol.